The molecule has 0 aliphatic rings. The fourth-order valence-electron chi connectivity index (χ4n) is 0.220. The van der Waals surface area contributed by atoms with Crippen LogP contribution in [0.5, 0.6) is 0 Å². The molecular formula is C11H32N10O4. The van der Waals surface area contributed by atoms with Crippen LogP contribution in [0.15, 0.2) is 9.98 Å². The smallest absolute Gasteiger partial charge is 0.240 e. The first kappa shape index (κ1) is 38.2. The zero-order valence-corrected chi connectivity index (χ0v) is 14.5. The van der Waals surface area contributed by atoms with Gasteiger partial charge in [0.05, 0.1) is 13.1 Å². The van der Waals surface area contributed by atoms with E-state index in [1.807, 2.05) is 0 Å². The van der Waals surface area contributed by atoms with Gasteiger partial charge in [0.2, 0.25) is 24.0 Å². The van der Waals surface area contributed by atoms with E-state index < -0.39 is 11.8 Å². The molecule has 0 heterocycles. The predicted octanol–water partition coefficient (Wildman–Crippen LogP) is -4.84. The van der Waals surface area contributed by atoms with Gasteiger partial charge in [0.15, 0.2) is 0 Å². The Morgan fingerprint density at radius 2 is 1.16 bits per heavy atom. The summed E-state index contributed by atoms with van der Waals surface area (Å²) in [6.45, 7) is 1.70. The largest absolute Gasteiger partial charge is 0.369 e. The van der Waals surface area contributed by atoms with Crippen molar-refractivity contribution in [3.05, 3.63) is 0 Å². The monoisotopic (exact) mass is 368 g/mol. The summed E-state index contributed by atoms with van der Waals surface area (Å²) in [5.41, 5.74) is 33.0. The van der Waals surface area contributed by atoms with Gasteiger partial charge in [-0.05, 0) is 7.05 Å². The van der Waals surface area contributed by atoms with Gasteiger partial charge >= 0.3 is 0 Å². The van der Waals surface area contributed by atoms with Crippen molar-refractivity contribution in [3.63, 3.8) is 0 Å². The van der Waals surface area contributed by atoms with Gasteiger partial charge in [0, 0.05) is 19.6 Å². The van der Waals surface area contributed by atoms with E-state index >= 15 is 0 Å². The summed E-state index contributed by atoms with van der Waals surface area (Å²) in [7, 11) is 1.50. The van der Waals surface area contributed by atoms with Crippen LogP contribution < -0.4 is 46.3 Å². The van der Waals surface area contributed by atoms with Crippen molar-refractivity contribution in [1.29, 1.82) is 0 Å². The molecule has 0 saturated heterocycles. The molecule has 0 aliphatic heterocycles. The van der Waals surface area contributed by atoms with E-state index in [0.29, 0.717) is 26.2 Å². The van der Waals surface area contributed by atoms with Crippen LogP contribution in [0.25, 0.3) is 0 Å². The first-order valence-electron chi connectivity index (χ1n) is 6.39. The number of hydrogen-bond donors (Lipinski definition) is 8. The number of hydrogen-bond acceptors (Lipinski definition) is 12. The van der Waals surface area contributed by atoms with Crippen molar-refractivity contribution in [3.8, 4) is 0 Å². The van der Waals surface area contributed by atoms with E-state index in [0.717, 1.165) is 0 Å². The summed E-state index contributed by atoms with van der Waals surface area (Å²) in [5, 5.41) is 0. The Morgan fingerprint density at radius 1 is 0.800 bits per heavy atom. The third kappa shape index (κ3) is 146. The van der Waals surface area contributed by atoms with Gasteiger partial charge in [-0.1, -0.05) is 0 Å². The fraction of sp³-hybridized carbons (Fsp3) is 0.636. The molecule has 0 spiro atoms. The van der Waals surface area contributed by atoms with E-state index in [9.17, 15) is 19.2 Å². The van der Waals surface area contributed by atoms with Gasteiger partial charge in [0.25, 0.3) is 0 Å². The maximum Gasteiger partial charge on any atom is 0.240 e. The number of nitrogens with two attached hydrogens (primary N) is 7. The van der Waals surface area contributed by atoms with Crippen LogP contribution >= 0.6 is 0 Å². The number of isocyanates is 2. The molecule has 0 atom stereocenters. The van der Waals surface area contributed by atoms with Crippen LogP contribution in [0, 0.1) is 0 Å². The van der Waals surface area contributed by atoms with Gasteiger partial charge in [-0.2, -0.15) is 4.99 Å². The lowest BCUT2D eigenvalue weighted by Gasteiger charge is -1.75. The van der Waals surface area contributed by atoms with Gasteiger partial charge < -0.3 is 46.3 Å². The van der Waals surface area contributed by atoms with Crippen LogP contribution in [0.2, 0.25) is 0 Å². The molecule has 0 aromatic rings. The van der Waals surface area contributed by atoms with Crippen LogP contribution in [0.1, 0.15) is 0 Å². The highest BCUT2D eigenvalue weighted by Crippen LogP contribution is 1.58. The number of carbonyl (C=O) groups excluding carboxylic acids is 4. The van der Waals surface area contributed by atoms with E-state index in [-0.39, 0.29) is 19.2 Å². The van der Waals surface area contributed by atoms with Crippen molar-refractivity contribution in [1.82, 2.24) is 6.15 Å². The molecule has 0 rings (SSSR count). The van der Waals surface area contributed by atoms with Gasteiger partial charge in [-0.25, -0.2) is 14.6 Å². The molecule has 0 aromatic carbocycles. The maximum absolute atomic E-state index is 9.71. The average molecular weight is 368 g/mol. The Labute approximate surface area is 146 Å². The average Bonchev–Trinajstić information content (AvgIpc) is 2.61. The normalized spacial score (nSPS) is 6.48. The Kier molecular flexibility index (Phi) is 75.7. The van der Waals surface area contributed by atoms with Crippen LogP contribution in [0.4, 0.5) is 0 Å². The predicted molar refractivity (Wildman–Crippen MR) is 95.7 cm³/mol. The molecule has 0 unspecified atom stereocenters. The van der Waals surface area contributed by atoms with Crippen molar-refractivity contribution < 1.29 is 19.2 Å². The third-order valence-electron chi connectivity index (χ3n) is 0.973. The van der Waals surface area contributed by atoms with E-state index in [1.165, 1.54) is 19.2 Å². The lowest BCUT2D eigenvalue weighted by atomic mass is 10.6. The molecule has 0 aromatic heterocycles. The Hall–Kier alpha value is -2.54. The van der Waals surface area contributed by atoms with E-state index in [1.54, 1.807) is 0 Å². The van der Waals surface area contributed by atoms with Crippen molar-refractivity contribution in [2.45, 2.75) is 0 Å². The molecule has 0 aliphatic carbocycles. The van der Waals surface area contributed by atoms with Gasteiger partial charge in [0.1, 0.15) is 6.54 Å². The molecular weight excluding hydrogens is 336 g/mol. The topological polar surface area (TPSA) is 310 Å². The summed E-state index contributed by atoms with van der Waals surface area (Å²) in [4.78, 5) is 43.7. The number of aliphatic imine (C=N–C) groups is 2. The Balaban J connectivity index is -0.0000000467. The van der Waals surface area contributed by atoms with Crippen LogP contribution in [0.3, 0.4) is 0 Å². The lowest BCUT2D eigenvalue weighted by Crippen LogP contribution is -2.21. The first-order valence-corrected chi connectivity index (χ1v) is 6.39. The second-order valence-electron chi connectivity index (χ2n) is 2.88. The molecule has 0 radical (unpaired) electrons. The SMILES string of the molecule is CN.N.NC(=O)CN=C=O.NCC(N)=O.NCCN.NCCN=C=O. The molecule has 25 heavy (non-hydrogen) atoms. The fourth-order valence-corrected chi connectivity index (χ4v) is 0.220. The Bertz CT molecular complexity index is 353. The summed E-state index contributed by atoms with van der Waals surface area (Å²) >= 11 is 0. The highest BCUT2D eigenvalue weighted by Gasteiger charge is 1.84. The summed E-state index contributed by atoms with van der Waals surface area (Å²) < 4.78 is 0. The minimum atomic E-state index is -0.622. The number of amides is 2. The molecule has 14 nitrogen and oxygen atoms in total. The highest BCUT2D eigenvalue weighted by molar-refractivity contribution is 5.76. The lowest BCUT2D eigenvalue weighted by molar-refractivity contribution is -0.117. The van der Waals surface area contributed by atoms with E-state index in [2.05, 4.69) is 27.2 Å². The maximum atomic E-state index is 9.71. The molecule has 150 valence electrons. The molecule has 17 N–H and O–H groups in total. The first-order chi connectivity index (χ1) is 11.4. The summed E-state index contributed by atoms with van der Waals surface area (Å²) in [6.07, 6.45) is 2.54. The van der Waals surface area contributed by atoms with Gasteiger partial charge in [-0.3, -0.25) is 9.59 Å². The minimum Gasteiger partial charge on any atom is -0.369 e. The highest BCUT2D eigenvalue weighted by atomic mass is 16.2. The van der Waals surface area contributed by atoms with Crippen LogP contribution in [-0.4, -0.2) is 70.3 Å². The molecule has 0 bridgehead atoms. The number of carbonyl (C=O) groups is 2. The second kappa shape index (κ2) is 49.6. The number of rotatable bonds is 6. The zero-order chi connectivity index (χ0) is 20.2. The molecule has 0 saturated carbocycles. The molecule has 2 amide bonds. The number of nitrogens with zero attached hydrogens (tertiary/aromatic N) is 2. The van der Waals surface area contributed by atoms with E-state index in [4.69, 9.17) is 22.9 Å². The van der Waals surface area contributed by atoms with Gasteiger partial charge in [-0.15, -0.1) is 0 Å². The quantitative estimate of drug-likeness (QED) is 0.163. The molecule has 0 fully saturated rings. The third-order valence-corrected chi connectivity index (χ3v) is 0.973. The summed E-state index contributed by atoms with van der Waals surface area (Å²) in [5.74, 6) is -1.09. The minimum absolute atomic E-state index is 0. The Morgan fingerprint density at radius 3 is 1.24 bits per heavy atom. The number of primary amides is 2. The second-order valence-corrected chi connectivity index (χ2v) is 2.88. The van der Waals surface area contributed by atoms with Crippen molar-refractivity contribution in [2.24, 2.45) is 50.1 Å². The van der Waals surface area contributed by atoms with Crippen molar-refractivity contribution >= 4 is 24.0 Å². The van der Waals surface area contributed by atoms with Crippen molar-refractivity contribution in [2.75, 3.05) is 46.3 Å². The zero-order valence-electron chi connectivity index (χ0n) is 14.5. The standard InChI is InChI=1S/C3H4N2O2.C3H6N2O.C2H6N2O.C2H8N2.CH5N.H3N/c4-3(7)1-5-2-6;4-1-2-5-3-6;3-1-2(4)5;3-1-2-4;1-2;/h1H2,(H2,4,7);1-2,4H2;1,3H2,(H2,4,5);1-4H2;2H2,1H3;1H3. The summed E-state index contributed by atoms with van der Waals surface area (Å²) in [6, 6.07) is 0. The molecule has 14 heteroatoms. The van der Waals surface area contributed by atoms with Crippen LogP contribution in [-0.2, 0) is 19.2 Å².